The summed E-state index contributed by atoms with van der Waals surface area (Å²) < 4.78 is 17.2. The van der Waals surface area contributed by atoms with E-state index in [1.807, 2.05) is 0 Å². The molecule has 0 fully saturated rings. The number of unbranched alkanes of at least 4 members (excludes halogenated alkanes) is 24. The number of carboxylic acids is 1. The van der Waals surface area contributed by atoms with E-state index in [-0.39, 0.29) is 42.7 Å². The van der Waals surface area contributed by atoms with Crippen molar-refractivity contribution in [3.05, 3.63) is 48.6 Å². The number of carbonyl (C=O) groups excluding carboxylic acids is 3. The Hall–Kier alpha value is -2.71. The van der Waals surface area contributed by atoms with Gasteiger partial charge in [-0.2, -0.15) is 0 Å². The van der Waals surface area contributed by atoms with Gasteiger partial charge in [-0.3, -0.25) is 9.59 Å². The van der Waals surface area contributed by atoms with Gasteiger partial charge in [0.2, 0.25) is 0 Å². The number of ether oxygens (including phenoxy) is 3. The minimum absolute atomic E-state index is 0.0333. The highest BCUT2D eigenvalue weighted by atomic mass is 16.6. The van der Waals surface area contributed by atoms with E-state index >= 15 is 0 Å². The van der Waals surface area contributed by atoms with E-state index in [0.29, 0.717) is 12.8 Å². The highest BCUT2D eigenvalue weighted by Gasteiger charge is 2.25. The summed E-state index contributed by atoms with van der Waals surface area (Å²) in [6.45, 7) is 4.62. The van der Waals surface area contributed by atoms with E-state index in [2.05, 4.69) is 62.5 Å². The fourth-order valence-electron chi connectivity index (χ4n) is 7.27. The van der Waals surface area contributed by atoms with Gasteiger partial charge in [0.15, 0.2) is 6.10 Å². The molecule has 354 valence electrons. The molecule has 0 amide bonds. The second kappa shape index (κ2) is 43.9. The number of esters is 2. The van der Waals surface area contributed by atoms with Crippen molar-refractivity contribution in [2.24, 2.45) is 0 Å². The van der Waals surface area contributed by atoms with Crippen LogP contribution in [0.5, 0.6) is 0 Å². The SMILES string of the molecule is CCCCC/C=C/C=C/CCCCCCCCC(=O)OCC(COCCC(C(=O)[O-])[N+](C)(C)C)OC(=O)CCCCCCCCC/C=C/C/C=C/CCCCCCCCCC. The van der Waals surface area contributed by atoms with Crippen LogP contribution in [0.25, 0.3) is 0 Å². The van der Waals surface area contributed by atoms with Gasteiger partial charge in [0.1, 0.15) is 12.6 Å². The van der Waals surface area contributed by atoms with E-state index in [9.17, 15) is 19.5 Å². The molecule has 0 aromatic heterocycles. The number of quaternary nitrogens is 1. The van der Waals surface area contributed by atoms with Gasteiger partial charge in [-0.25, -0.2) is 0 Å². The van der Waals surface area contributed by atoms with Crippen molar-refractivity contribution in [3.63, 3.8) is 0 Å². The molecule has 0 spiro atoms. The van der Waals surface area contributed by atoms with Crippen molar-refractivity contribution in [3.8, 4) is 0 Å². The Morgan fingerprint density at radius 1 is 0.508 bits per heavy atom. The minimum atomic E-state index is -1.13. The maximum Gasteiger partial charge on any atom is 0.306 e. The van der Waals surface area contributed by atoms with Crippen molar-refractivity contribution in [2.75, 3.05) is 41.0 Å². The van der Waals surface area contributed by atoms with E-state index in [1.54, 1.807) is 21.1 Å². The van der Waals surface area contributed by atoms with Gasteiger partial charge in [-0.15, -0.1) is 0 Å². The number of nitrogens with zero attached hydrogens (tertiary/aromatic N) is 1. The molecule has 61 heavy (non-hydrogen) atoms. The number of rotatable bonds is 45. The highest BCUT2D eigenvalue weighted by Crippen LogP contribution is 2.14. The summed E-state index contributed by atoms with van der Waals surface area (Å²) in [6.07, 6.45) is 52.8. The standard InChI is InChI=1S/C53H95NO7/c1-6-8-10-12-14-16-18-20-22-23-24-25-26-27-28-30-32-34-36-38-40-42-44-52(56)61-49(47-59-46-45-50(53(57)58)54(3,4)5)48-60-51(55)43-41-39-37-35-33-31-29-21-19-17-15-13-11-9-7-2/h15,17,19,21,23-24,26-27,49-50H,6-14,16,18,20,22,25,28-48H2,1-5H3/b17-15+,21-19+,24-23+,27-26+. The van der Waals surface area contributed by atoms with Crippen LogP contribution >= 0.6 is 0 Å². The van der Waals surface area contributed by atoms with Crippen molar-refractivity contribution in [1.29, 1.82) is 0 Å². The van der Waals surface area contributed by atoms with Gasteiger partial charge in [0.25, 0.3) is 0 Å². The van der Waals surface area contributed by atoms with Crippen LogP contribution in [0.15, 0.2) is 48.6 Å². The van der Waals surface area contributed by atoms with Crippen molar-refractivity contribution < 1.29 is 38.2 Å². The second-order valence-corrected chi connectivity index (χ2v) is 18.1. The molecule has 2 atom stereocenters. The minimum Gasteiger partial charge on any atom is -0.544 e. The van der Waals surface area contributed by atoms with Gasteiger partial charge < -0.3 is 28.6 Å². The molecule has 2 unspecified atom stereocenters. The van der Waals surface area contributed by atoms with Crippen molar-refractivity contribution >= 4 is 17.9 Å². The molecule has 8 nitrogen and oxygen atoms in total. The number of carbonyl (C=O) groups is 3. The Morgan fingerprint density at radius 3 is 1.39 bits per heavy atom. The number of carboxylic acid groups (broad SMARTS) is 1. The quantitative estimate of drug-likeness (QED) is 0.0198. The van der Waals surface area contributed by atoms with Gasteiger partial charge in [-0.1, -0.05) is 178 Å². The molecule has 0 aromatic carbocycles. The topological polar surface area (TPSA) is 102 Å². The van der Waals surface area contributed by atoms with E-state index < -0.39 is 18.1 Å². The number of likely N-dealkylation sites (N-methyl/N-ethyl adjacent to an activating group) is 1. The smallest absolute Gasteiger partial charge is 0.306 e. The first-order chi connectivity index (χ1) is 29.6. The molecule has 0 aliphatic heterocycles. The number of aliphatic carboxylic acids is 1. The normalized spacial score (nSPS) is 13.3. The molecular formula is C53H95NO7. The van der Waals surface area contributed by atoms with Crippen LogP contribution in [0.4, 0.5) is 0 Å². The molecule has 8 heteroatoms. The first kappa shape index (κ1) is 58.3. The summed E-state index contributed by atoms with van der Waals surface area (Å²) in [4.78, 5) is 37.0. The molecule has 0 aromatic rings. The summed E-state index contributed by atoms with van der Waals surface area (Å²) in [7, 11) is 5.41. The van der Waals surface area contributed by atoms with E-state index in [4.69, 9.17) is 14.2 Å². The fourth-order valence-corrected chi connectivity index (χ4v) is 7.27. The van der Waals surface area contributed by atoms with E-state index in [1.165, 1.54) is 116 Å². The molecule has 0 N–H and O–H groups in total. The molecule has 0 aliphatic carbocycles. The van der Waals surface area contributed by atoms with Crippen molar-refractivity contribution in [2.45, 2.75) is 231 Å². The maximum absolute atomic E-state index is 12.8. The maximum atomic E-state index is 12.8. The lowest BCUT2D eigenvalue weighted by Crippen LogP contribution is -2.55. The Balaban J connectivity index is 4.28. The predicted octanol–water partition coefficient (Wildman–Crippen LogP) is 13.0. The number of allylic oxidation sites excluding steroid dienone is 8. The lowest BCUT2D eigenvalue weighted by Gasteiger charge is -2.34. The third kappa shape index (κ3) is 42.4. The van der Waals surface area contributed by atoms with E-state index in [0.717, 1.165) is 70.6 Å². The predicted molar refractivity (Wildman–Crippen MR) is 254 cm³/mol. The van der Waals surface area contributed by atoms with Crippen LogP contribution in [0.1, 0.15) is 219 Å². The van der Waals surface area contributed by atoms with Crippen LogP contribution in [-0.2, 0) is 28.6 Å². The number of hydrogen-bond acceptors (Lipinski definition) is 7. The summed E-state index contributed by atoms with van der Waals surface area (Å²) in [5.74, 6) is -1.76. The van der Waals surface area contributed by atoms with Gasteiger partial charge in [-0.05, 0) is 70.6 Å². The third-order valence-corrected chi connectivity index (χ3v) is 11.2. The van der Waals surface area contributed by atoms with Gasteiger partial charge in [0, 0.05) is 19.3 Å². The zero-order valence-electron chi connectivity index (χ0n) is 40.3. The average Bonchev–Trinajstić information content (AvgIpc) is 3.22. The zero-order valence-corrected chi connectivity index (χ0v) is 40.3. The molecule has 0 heterocycles. The first-order valence-corrected chi connectivity index (χ1v) is 25.2. The zero-order chi connectivity index (χ0) is 44.9. The fraction of sp³-hybridized carbons (Fsp3) is 0.792. The summed E-state index contributed by atoms with van der Waals surface area (Å²) in [5.41, 5.74) is 0. The lowest BCUT2D eigenvalue weighted by atomic mass is 10.1. The van der Waals surface area contributed by atoms with Crippen LogP contribution in [-0.4, -0.2) is 75.5 Å². The molecule has 0 saturated heterocycles. The first-order valence-electron chi connectivity index (χ1n) is 25.2. The molecule has 0 aliphatic rings. The average molecular weight is 858 g/mol. The monoisotopic (exact) mass is 858 g/mol. The van der Waals surface area contributed by atoms with Gasteiger partial charge in [0.05, 0.1) is 40.3 Å². The number of hydrogen-bond donors (Lipinski definition) is 0. The lowest BCUT2D eigenvalue weighted by molar-refractivity contribution is -0.889. The Bertz CT molecular complexity index is 1140. The third-order valence-electron chi connectivity index (χ3n) is 11.2. The molecule has 0 saturated carbocycles. The summed E-state index contributed by atoms with van der Waals surface area (Å²) in [6, 6.07) is -0.730. The van der Waals surface area contributed by atoms with Crippen molar-refractivity contribution in [1.82, 2.24) is 0 Å². The summed E-state index contributed by atoms with van der Waals surface area (Å²) >= 11 is 0. The Morgan fingerprint density at radius 2 is 0.918 bits per heavy atom. The highest BCUT2D eigenvalue weighted by molar-refractivity contribution is 5.70. The molecule has 0 bridgehead atoms. The van der Waals surface area contributed by atoms with Gasteiger partial charge >= 0.3 is 11.9 Å². The molecule has 0 radical (unpaired) electrons. The summed E-state index contributed by atoms with van der Waals surface area (Å²) in [5, 5.41) is 11.7. The van der Waals surface area contributed by atoms with Crippen LogP contribution in [0.2, 0.25) is 0 Å². The van der Waals surface area contributed by atoms with Crippen LogP contribution in [0, 0.1) is 0 Å². The second-order valence-electron chi connectivity index (χ2n) is 18.1. The van der Waals surface area contributed by atoms with Crippen LogP contribution in [0.3, 0.4) is 0 Å². The Labute approximate surface area is 376 Å². The molecular weight excluding hydrogens is 763 g/mol. The van der Waals surface area contributed by atoms with Crippen LogP contribution < -0.4 is 5.11 Å². The largest absolute Gasteiger partial charge is 0.544 e. The Kier molecular flexibility index (Phi) is 42.0. The molecule has 0 rings (SSSR count).